The number of hydrogen-bond donors (Lipinski definition) is 3. The fraction of sp³-hybridized carbons (Fsp3) is 0.188. The van der Waals surface area contributed by atoms with Crippen LogP contribution in [-0.4, -0.2) is 16.5 Å². The molecule has 102 valence electrons. The first-order valence-electron chi connectivity index (χ1n) is 6.48. The molecule has 1 heterocycles. The average molecular weight is 268 g/mol. The van der Waals surface area contributed by atoms with E-state index in [1.54, 1.807) is 13.8 Å². The molecule has 0 aliphatic heterocycles. The van der Waals surface area contributed by atoms with E-state index in [4.69, 9.17) is 0 Å². The fourth-order valence-electron chi connectivity index (χ4n) is 2.52. The number of fused-ring (bicyclic) bond motifs is 3. The van der Waals surface area contributed by atoms with Crippen LogP contribution in [0, 0.1) is 0 Å². The summed E-state index contributed by atoms with van der Waals surface area (Å²) in [4.78, 5) is 14.2. The van der Waals surface area contributed by atoms with Crippen LogP contribution in [0.25, 0.3) is 21.8 Å². The molecule has 0 spiro atoms. The number of aromatic nitrogens is 1. The average Bonchev–Trinajstić information content (AvgIpc) is 2.76. The smallest absolute Gasteiger partial charge is 0.211 e. The molecule has 1 amide bonds. The summed E-state index contributed by atoms with van der Waals surface area (Å²) in [6.07, 6.45) is 0.657. The SMILES string of the molecule is CC(C)(O)c1cc(NC=O)c2c(c1)[nH]c1ccccc12. The molecule has 0 fully saturated rings. The van der Waals surface area contributed by atoms with E-state index in [-0.39, 0.29) is 0 Å². The van der Waals surface area contributed by atoms with Crippen LogP contribution < -0.4 is 5.32 Å². The summed E-state index contributed by atoms with van der Waals surface area (Å²) in [6, 6.07) is 11.7. The highest BCUT2D eigenvalue weighted by Crippen LogP contribution is 2.35. The van der Waals surface area contributed by atoms with Crippen molar-refractivity contribution in [2.45, 2.75) is 19.4 Å². The zero-order valence-corrected chi connectivity index (χ0v) is 11.4. The van der Waals surface area contributed by atoms with Crippen LogP contribution in [0.5, 0.6) is 0 Å². The molecule has 3 rings (SSSR count). The van der Waals surface area contributed by atoms with Gasteiger partial charge < -0.3 is 15.4 Å². The van der Waals surface area contributed by atoms with Gasteiger partial charge in [-0.05, 0) is 37.6 Å². The molecule has 1 aromatic heterocycles. The van der Waals surface area contributed by atoms with Gasteiger partial charge in [0.15, 0.2) is 0 Å². The normalized spacial score (nSPS) is 11.9. The number of amides is 1. The number of aromatic amines is 1. The Labute approximate surface area is 116 Å². The molecule has 0 unspecified atom stereocenters. The van der Waals surface area contributed by atoms with Gasteiger partial charge in [-0.3, -0.25) is 4.79 Å². The van der Waals surface area contributed by atoms with Crippen molar-refractivity contribution in [2.24, 2.45) is 0 Å². The number of benzene rings is 2. The first-order valence-corrected chi connectivity index (χ1v) is 6.48. The highest BCUT2D eigenvalue weighted by Gasteiger charge is 2.19. The van der Waals surface area contributed by atoms with Gasteiger partial charge in [0.2, 0.25) is 6.41 Å². The van der Waals surface area contributed by atoms with Gasteiger partial charge >= 0.3 is 0 Å². The molecular formula is C16H16N2O2. The number of para-hydroxylation sites is 1. The summed E-state index contributed by atoms with van der Waals surface area (Å²) < 4.78 is 0. The van der Waals surface area contributed by atoms with E-state index in [1.807, 2.05) is 36.4 Å². The minimum Gasteiger partial charge on any atom is -0.386 e. The molecule has 0 aliphatic rings. The lowest BCUT2D eigenvalue weighted by Gasteiger charge is -2.19. The first-order chi connectivity index (χ1) is 9.50. The number of rotatable bonds is 3. The largest absolute Gasteiger partial charge is 0.386 e. The highest BCUT2D eigenvalue weighted by molar-refractivity contribution is 6.14. The van der Waals surface area contributed by atoms with Gasteiger partial charge in [-0.1, -0.05) is 18.2 Å². The lowest BCUT2D eigenvalue weighted by atomic mass is 9.96. The number of aliphatic hydroxyl groups is 1. The van der Waals surface area contributed by atoms with E-state index in [0.29, 0.717) is 12.1 Å². The number of carbonyl (C=O) groups excluding carboxylic acids is 1. The Morgan fingerprint density at radius 2 is 1.95 bits per heavy atom. The van der Waals surface area contributed by atoms with Gasteiger partial charge in [-0.2, -0.15) is 0 Å². The zero-order chi connectivity index (χ0) is 14.3. The standard InChI is InChI=1S/C16H16N2O2/c1-16(2,20)10-7-13(17-9-19)15-11-5-3-4-6-12(11)18-14(15)8-10/h3-9,18,20H,1-2H3,(H,17,19). The Bertz CT molecular complexity index is 797. The molecule has 0 saturated heterocycles. The summed E-state index contributed by atoms with van der Waals surface area (Å²) in [5, 5.41) is 14.9. The van der Waals surface area contributed by atoms with E-state index < -0.39 is 5.60 Å². The fourth-order valence-corrected chi connectivity index (χ4v) is 2.52. The number of nitrogens with one attached hydrogen (secondary N) is 2. The Hall–Kier alpha value is -2.33. The van der Waals surface area contributed by atoms with Crippen molar-refractivity contribution in [3.8, 4) is 0 Å². The van der Waals surface area contributed by atoms with Crippen LogP contribution >= 0.6 is 0 Å². The van der Waals surface area contributed by atoms with Gasteiger partial charge in [-0.15, -0.1) is 0 Å². The van der Waals surface area contributed by atoms with Gasteiger partial charge in [-0.25, -0.2) is 0 Å². The second kappa shape index (κ2) is 4.35. The van der Waals surface area contributed by atoms with E-state index in [0.717, 1.165) is 27.4 Å². The minimum absolute atomic E-state index is 0.657. The molecule has 3 aromatic rings. The Morgan fingerprint density at radius 3 is 2.65 bits per heavy atom. The lowest BCUT2D eigenvalue weighted by molar-refractivity contribution is -0.105. The molecule has 0 saturated carbocycles. The second-order valence-electron chi connectivity index (χ2n) is 5.44. The van der Waals surface area contributed by atoms with Crippen LogP contribution in [0.15, 0.2) is 36.4 Å². The van der Waals surface area contributed by atoms with Crippen molar-refractivity contribution >= 4 is 33.9 Å². The molecule has 20 heavy (non-hydrogen) atoms. The van der Waals surface area contributed by atoms with Crippen molar-refractivity contribution in [3.63, 3.8) is 0 Å². The summed E-state index contributed by atoms with van der Waals surface area (Å²) in [5.74, 6) is 0. The molecule has 3 N–H and O–H groups in total. The zero-order valence-electron chi connectivity index (χ0n) is 11.4. The van der Waals surface area contributed by atoms with Crippen LogP contribution in [0.2, 0.25) is 0 Å². The van der Waals surface area contributed by atoms with Crippen molar-refractivity contribution in [2.75, 3.05) is 5.32 Å². The summed E-state index contributed by atoms with van der Waals surface area (Å²) in [6.45, 7) is 3.45. The summed E-state index contributed by atoms with van der Waals surface area (Å²) in [5.41, 5.74) is 2.39. The molecule has 0 bridgehead atoms. The molecule has 4 heteroatoms. The molecular weight excluding hydrogens is 252 g/mol. The second-order valence-corrected chi connectivity index (χ2v) is 5.44. The summed E-state index contributed by atoms with van der Waals surface area (Å²) in [7, 11) is 0. The van der Waals surface area contributed by atoms with E-state index in [1.165, 1.54) is 0 Å². The van der Waals surface area contributed by atoms with Gasteiger partial charge in [0.05, 0.1) is 11.3 Å². The van der Waals surface area contributed by atoms with Crippen molar-refractivity contribution in [1.29, 1.82) is 0 Å². The van der Waals surface area contributed by atoms with Crippen LogP contribution in [-0.2, 0) is 10.4 Å². The van der Waals surface area contributed by atoms with Crippen molar-refractivity contribution in [3.05, 3.63) is 42.0 Å². The van der Waals surface area contributed by atoms with Crippen molar-refractivity contribution in [1.82, 2.24) is 4.98 Å². The van der Waals surface area contributed by atoms with E-state index in [2.05, 4.69) is 10.3 Å². The molecule has 2 aromatic carbocycles. The third-order valence-electron chi connectivity index (χ3n) is 3.52. The van der Waals surface area contributed by atoms with Gasteiger partial charge in [0.25, 0.3) is 0 Å². The molecule has 0 radical (unpaired) electrons. The van der Waals surface area contributed by atoms with Crippen LogP contribution in [0.1, 0.15) is 19.4 Å². The maximum atomic E-state index is 10.9. The van der Waals surface area contributed by atoms with E-state index >= 15 is 0 Å². The monoisotopic (exact) mass is 268 g/mol. The Balaban J connectivity index is 2.41. The molecule has 4 nitrogen and oxygen atoms in total. The van der Waals surface area contributed by atoms with Gasteiger partial charge in [0.1, 0.15) is 0 Å². The first kappa shape index (κ1) is 12.7. The van der Waals surface area contributed by atoms with E-state index in [9.17, 15) is 9.90 Å². The number of H-pyrrole nitrogens is 1. The van der Waals surface area contributed by atoms with Crippen molar-refractivity contribution < 1.29 is 9.90 Å². The Morgan fingerprint density at radius 1 is 1.20 bits per heavy atom. The predicted octanol–water partition coefficient (Wildman–Crippen LogP) is 3.12. The quantitative estimate of drug-likeness (QED) is 0.639. The number of carbonyl (C=O) groups is 1. The van der Waals surface area contributed by atoms with Crippen LogP contribution in [0.4, 0.5) is 5.69 Å². The number of anilines is 1. The maximum Gasteiger partial charge on any atom is 0.211 e. The van der Waals surface area contributed by atoms with Crippen LogP contribution in [0.3, 0.4) is 0 Å². The predicted molar refractivity (Wildman–Crippen MR) is 80.7 cm³/mol. The highest BCUT2D eigenvalue weighted by atomic mass is 16.3. The molecule has 0 aliphatic carbocycles. The third-order valence-corrected chi connectivity index (χ3v) is 3.52. The lowest BCUT2D eigenvalue weighted by Crippen LogP contribution is -2.15. The maximum absolute atomic E-state index is 10.9. The molecule has 0 atom stereocenters. The summed E-state index contributed by atoms with van der Waals surface area (Å²) >= 11 is 0. The third kappa shape index (κ3) is 1.94. The Kier molecular flexibility index (Phi) is 2.76. The minimum atomic E-state index is -0.967. The van der Waals surface area contributed by atoms with Gasteiger partial charge in [0, 0.05) is 21.8 Å². The number of hydrogen-bond acceptors (Lipinski definition) is 2. The topological polar surface area (TPSA) is 65.1 Å².